The molecule has 0 aliphatic rings. The van der Waals surface area contributed by atoms with E-state index in [1.807, 2.05) is 30.3 Å². The van der Waals surface area contributed by atoms with Gasteiger partial charge in [0.2, 0.25) is 0 Å². The van der Waals surface area contributed by atoms with Gasteiger partial charge >= 0.3 is 0 Å². The van der Waals surface area contributed by atoms with E-state index in [1.165, 1.54) is 0 Å². The van der Waals surface area contributed by atoms with Crippen LogP contribution in [0.2, 0.25) is 10.0 Å². The Hall–Kier alpha value is -0.480. The van der Waals surface area contributed by atoms with Crippen LogP contribution in [0.3, 0.4) is 0 Å². The van der Waals surface area contributed by atoms with Crippen LogP contribution >= 0.6 is 48.5 Å². The van der Waals surface area contributed by atoms with E-state index >= 15 is 0 Å². The largest absolute Gasteiger partial charge is 0.456 e. The highest BCUT2D eigenvalue weighted by Gasteiger charge is 2.13. The highest BCUT2D eigenvalue weighted by Crippen LogP contribution is 2.41. The standard InChI is InChI=1S/C12H8Cl2OS2/c13-10-8(6-9(16)12(17)11(10)14)15-7-4-2-1-3-5-7/h1-6,16-17H. The minimum atomic E-state index is 0.332. The first-order valence-electron chi connectivity index (χ1n) is 4.72. The molecule has 0 radical (unpaired) electrons. The molecule has 0 spiro atoms. The number of thiol groups is 2. The molecule has 1 nitrogen and oxygen atoms in total. The quantitative estimate of drug-likeness (QED) is 0.710. The Morgan fingerprint density at radius 1 is 0.941 bits per heavy atom. The molecule has 0 fully saturated rings. The van der Waals surface area contributed by atoms with Crippen molar-refractivity contribution >= 4 is 48.5 Å². The van der Waals surface area contributed by atoms with Gasteiger partial charge in [0.15, 0.2) is 0 Å². The third-order valence-corrected chi connectivity index (χ3v) is 4.07. The van der Waals surface area contributed by atoms with Gasteiger partial charge in [-0.1, -0.05) is 41.4 Å². The van der Waals surface area contributed by atoms with Crippen LogP contribution in [0.25, 0.3) is 0 Å². The van der Waals surface area contributed by atoms with Crippen molar-refractivity contribution < 1.29 is 4.74 Å². The molecule has 0 aromatic heterocycles. The second-order valence-electron chi connectivity index (χ2n) is 3.29. The van der Waals surface area contributed by atoms with Crippen LogP contribution in [0.1, 0.15) is 0 Å². The molecule has 0 N–H and O–H groups in total. The first-order chi connectivity index (χ1) is 8.09. The van der Waals surface area contributed by atoms with Crippen molar-refractivity contribution in [3.05, 3.63) is 46.4 Å². The Morgan fingerprint density at radius 3 is 2.24 bits per heavy atom. The molecule has 2 aromatic rings. The Morgan fingerprint density at radius 2 is 1.59 bits per heavy atom. The van der Waals surface area contributed by atoms with Crippen LogP contribution < -0.4 is 4.74 Å². The minimum Gasteiger partial charge on any atom is -0.456 e. The summed E-state index contributed by atoms with van der Waals surface area (Å²) in [4.78, 5) is 1.16. The van der Waals surface area contributed by atoms with Crippen molar-refractivity contribution in [1.29, 1.82) is 0 Å². The summed E-state index contributed by atoms with van der Waals surface area (Å²) in [5, 5.41) is 0.673. The highest BCUT2D eigenvalue weighted by molar-refractivity contribution is 7.83. The van der Waals surface area contributed by atoms with E-state index in [2.05, 4.69) is 25.3 Å². The SMILES string of the molecule is Sc1cc(Oc2ccccc2)c(Cl)c(Cl)c1S. The lowest BCUT2D eigenvalue weighted by Gasteiger charge is -2.11. The van der Waals surface area contributed by atoms with Gasteiger partial charge in [-0.05, 0) is 18.2 Å². The summed E-state index contributed by atoms with van der Waals surface area (Å²) in [7, 11) is 0. The van der Waals surface area contributed by atoms with Crippen LogP contribution in [-0.2, 0) is 0 Å². The van der Waals surface area contributed by atoms with Gasteiger partial charge in [-0.15, -0.1) is 25.3 Å². The van der Waals surface area contributed by atoms with Crippen LogP contribution in [0.4, 0.5) is 0 Å². The number of hydrogen-bond donors (Lipinski definition) is 2. The second kappa shape index (κ2) is 5.44. The number of halogens is 2. The third-order valence-electron chi connectivity index (χ3n) is 2.10. The van der Waals surface area contributed by atoms with Gasteiger partial charge in [0.1, 0.15) is 16.5 Å². The molecule has 0 saturated heterocycles. The molecule has 0 heterocycles. The smallest absolute Gasteiger partial charge is 0.148 e. The summed E-state index contributed by atoms with van der Waals surface area (Å²) in [6.07, 6.45) is 0. The minimum absolute atomic E-state index is 0.332. The lowest BCUT2D eigenvalue weighted by atomic mass is 10.3. The molecule has 0 unspecified atom stereocenters. The Bertz CT molecular complexity index is 544. The average molecular weight is 303 g/mol. The van der Waals surface area contributed by atoms with Crippen molar-refractivity contribution in [2.24, 2.45) is 0 Å². The predicted octanol–water partition coefficient (Wildman–Crippen LogP) is 5.36. The van der Waals surface area contributed by atoms with Gasteiger partial charge in [0.05, 0.1) is 5.02 Å². The summed E-state index contributed by atoms with van der Waals surface area (Å²) in [6.45, 7) is 0. The first-order valence-corrected chi connectivity index (χ1v) is 6.37. The summed E-state index contributed by atoms with van der Waals surface area (Å²) in [5.74, 6) is 1.15. The molecule has 0 saturated carbocycles. The van der Waals surface area contributed by atoms with Gasteiger partial charge in [0, 0.05) is 9.79 Å². The summed E-state index contributed by atoms with van der Waals surface area (Å²) >= 11 is 20.6. The zero-order chi connectivity index (χ0) is 12.4. The van der Waals surface area contributed by atoms with Gasteiger partial charge in [-0.2, -0.15) is 0 Å². The van der Waals surface area contributed by atoms with Crippen LogP contribution in [0, 0.1) is 0 Å². The number of rotatable bonds is 2. The predicted molar refractivity (Wildman–Crippen MR) is 77.5 cm³/mol. The molecular formula is C12H8Cl2OS2. The van der Waals surface area contributed by atoms with Crippen molar-refractivity contribution in [3.8, 4) is 11.5 Å². The molecule has 2 aromatic carbocycles. The zero-order valence-electron chi connectivity index (χ0n) is 8.52. The van der Waals surface area contributed by atoms with Gasteiger partial charge < -0.3 is 4.74 Å². The fourth-order valence-corrected chi connectivity index (χ4v) is 2.19. The van der Waals surface area contributed by atoms with Crippen LogP contribution in [-0.4, -0.2) is 0 Å². The van der Waals surface area contributed by atoms with E-state index in [1.54, 1.807) is 6.07 Å². The van der Waals surface area contributed by atoms with Crippen LogP contribution in [0.5, 0.6) is 11.5 Å². The zero-order valence-corrected chi connectivity index (χ0v) is 11.8. The lowest BCUT2D eigenvalue weighted by Crippen LogP contribution is -1.87. The molecule has 2 rings (SSSR count). The number of ether oxygens (including phenoxy) is 1. The van der Waals surface area contributed by atoms with Crippen molar-refractivity contribution in [2.45, 2.75) is 9.79 Å². The summed E-state index contributed by atoms with van der Waals surface area (Å²) in [6, 6.07) is 11.0. The monoisotopic (exact) mass is 302 g/mol. The van der Waals surface area contributed by atoms with Crippen molar-refractivity contribution in [1.82, 2.24) is 0 Å². The molecule has 5 heteroatoms. The molecule has 0 bridgehead atoms. The molecule has 0 aliphatic carbocycles. The third kappa shape index (κ3) is 2.86. The maximum Gasteiger partial charge on any atom is 0.148 e. The average Bonchev–Trinajstić information content (AvgIpc) is 2.35. The van der Waals surface area contributed by atoms with Crippen molar-refractivity contribution in [2.75, 3.05) is 0 Å². The molecule has 0 amide bonds. The number of hydrogen-bond acceptors (Lipinski definition) is 3. The Labute approximate surface area is 121 Å². The fourth-order valence-electron chi connectivity index (χ4n) is 1.27. The van der Waals surface area contributed by atoms with E-state index in [0.717, 1.165) is 0 Å². The highest BCUT2D eigenvalue weighted by atomic mass is 35.5. The van der Waals surface area contributed by atoms with E-state index in [4.69, 9.17) is 27.9 Å². The van der Waals surface area contributed by atoms with E-state index in [9.17, 15) is 0 Å². The Kier molecular flexibility index (Phi) is 4.15. The molecule has 88 valence electrons. The number of para-hydroxylation sites is 1. The maximum atomic E-state index is 6.08. The van der Waals surface area contributed by atoms with E-state index in [-0.39, 0.29) is 0 Å². The number of benzene rings is 2. The van der Waals surface area contributed by atoms with Gasteiger partial charge in [-0.3, -0.25) is 0 Å². The van der Waals surface area contributed by atoms with Gasteiger partial charge in [0.25, 0.3) is 0 Å². The summed E-state index contributed by atoms with van der Waals surface area (Å²) < 4.78 is 5.63. The van der Waals surface area contributed by atoms with Gasteiger partial charge in [-0.25, -0.2) is 0 Å². The molecule has 0 aliphatic heterocycles. The van der Waals surface area contributed by atoms with E-state index < -0.39 is 0 Å². The maximum absolute atomic E-state index is 6.08. The molecule has 0 atom stereocenters. The van der Waals surface area contributed by atoms with Crippen LogP contribution in [0.15, 0.2) is 46.2 Å². The Balaban J connectivity index is 2.41. The lowest BCUT2D eigenvalue weighted by molar-refractivity contribution is 0.481. The topological polar surface area (TPSA) is 9.23 Å². The normalized spacial score (nSPS) is 10.4. The van der Waals surface area contributed by atoms with E-state index in [0.29, 0.717) is 31.3 Å². The second-order valence-corrected chi connectivity index (χ2v) is 4.97. The molecular weight excluding hydrogens is 295 g/mol. The first kappa shape index (κ1) is 13.0. The summed E-state index contributed by atoms with van der Waals surface area (Å²) in [5.41, 5.74) is 0. The molecule has 17 heavy (non-hydrogen) atoms. The fraction of sp³-hybridized carbons (Fsp3) is 0. The van der Waals surface area contributed by atoms with Crippen molar-refractivity contribution in [3.63, 3.8) is 0 Å².